The zero-order valence-corrected chi connectivity index (χ0v) is 22.6. The molecule has 1 heterocycles. The first-order valence-electron chi connectivity index (χ1n) is 14.0. The van der Waals surface area contributed by atoms with Gasteiger partial charge in [-0.3, -0.25) is 14.4 Å². The largest absolute Gasteiger partial charge is 0.495 e. The fraction of sp³-hybridized carbons (Fsp3) is 0.645. The maximum Gasteiger partial charge on any atom is 0.309 e. The van der Waals surface area contributed by atoms with E-state index in [2.05, 4.69) is 26.8 Å². The Morgan fingerprint density at radius 3 is 2.49 bits per heavy atom. The van der Waals surface area contributed by atoms with Crippen LogP contribution < -0.4 is 9.64 Å². The summed E-state index contributed by atoms with van der Waals surface area (Å²) in [6, 6.07) is 7.29. The van der Waals surface area contributed by atoms with Gasteiger partial charge < -0.3 is 9.84 Å². The second-order valence-corrected chi connectivity index (χ2v) is 13.2. The fourth-order valence-electron chi connectivity index (χ4n) is 10.0. The Hall–Kier alpha value is -2.63. The minimum absolute atomic E-state index is 0.0154. The number of rotatable bonds is 4. The highest BCUT2D eigenvalue weighted by atomic mass is 16.5. The molecular formula is C31H39NO5. The maximum atomic E-state index is 14.4. The van der Waals surface area contributed by atoms with Gasteiger partial charge in [-0.05, 0) is 80.2 Å². The van der Waals surface area contributed by atoms with Gasteiger partial charge in [0.2, 0.25) is 11.8 Å². The lowest BCUT2D eigenvalue weighted by molar-refractivity contribution is -0.194. The first-order chi connectivity index (χ1) is 17.5. The molecule has 1 saturated heterocycles. The number of methoxy groups -OCH3 is 1. The Morgan fingerprint density at radius 1 is 1.08 bits per heavy atom. The van der Waals surface area contributed by atoms with Crippen molar-refractivity contribution in [1.82, 2.24) is 0 Å². The molecular weight excluding hydrogens is 466 g/mol. The molecule has 1 aromatic rings. The standard InChI is InChI=1S/C31H39NO5/c1-17(2)19-16-31-14-11-22-29(3,12-8-13-30(22,4)28(35)36)23(31)15-18(19)24-25(31)27(34)32(26(24)33)20-9-6-7-10-21(20)37-5/h6-7,9-10,16-18,22-25H,8,11-15H2,1-5H3,(H,35,36)/t18-,22-,23+,24+,25+,29+,30-,31-/m0/s1. The van der Waals surface area contributed by atoms with Crippen LogP contribution in [0.15, 0.2) is 35.9 Å². The molecule has 6 aliphatic rings. The van der Waals surface area contributed by atoms with Crippen LogP contribution in [-0.4, -0.2) is 30.0 Å². The van der Waals surface area contributed by atoms with E-state index in [1.165, 1.54) is 10.5 Å². The normalized spacial score (nSPS) is 42.3. The molecule has 0 aromatic heterocycles. The van der Waals surface area contributed by atoms with Gasteiger partial charge in [0, 0.05) is 5.41 Å². The molecule has 5 aliphatic carbocycles. The maximum absolute atomic E-state index is 14.4. The zero-order valence-electron chi connectivity index (χ0n) is 22.6. The first-order valence-corrected chi connectivity index (χ1v) is 14.0. The van der Waals surface area contributed by atoms with Crippen LogP contribution in [0.4, 0.5) is 5.69 Å². The number of anilines is 1. The number of aliphatic carboxylic acids is 1. The smallest absolute Gasteiger partial charge is 0.309 e. The summed E-state index contributed by atoms with van der Waals surface area (Å²) in [6.45, 7) is 8.65. The summed E-state index contributed by atoms with van der Waals surface area (Å²) in [5, 5.41) is 10.3. The first kappa shape index (κ1) is 24.7. The molecule has 0 unspecified atom stereocenters. The summed E-state index contributed by atoms with van der Waals surface area (Å²) < 4.78 is 5.56. The lowest BCUT2D eigenvalue weighted by Gasteiger charge is -2.68. The number of carbonyl (C=O) groups is 3. The van der Waals surface area contributed by atoms with Crippen molar-refractivity contribution in [1.29, 1.82) is 0 Å². The number of amides is 2. The van der Waals surface area contributed by atoms with Crippen LogP contribution in [0.25, 0.3) is 0 Å². The average Bonchev–Trinajstić information content (AvgIpc) is 3.15. The van der Waals surface area contributed by atoms with Crippen molar-refractivity contribution in [3.63, 3.8) is 0 Å². The van der Waals surface area contributed by atoms with E-state index in [1.54, 1.807) is 19.2 Å². The molecule has 6 nitrogen and oxygen atoms in total. The SMILES string of the molecule is COc1ccccc1N1C(=O)[C@@H]2[C@H]3C[C@@H]4[C@]5(C)CCC[C@](C)(C(=O)O)[C@H]5CC[C@@]4(C=C3C(C)C)[C@H]2C1=O. The number of carbonyl (C=O) groups excluding carboxylic acids is 2. The molecule has 2 amide bonds. The number of nitrogens with zero attached hydrogens (tertiary/aromatic N) is 1. The van der Waals surface area contributed by atoms with Crippen LogP contribution in [0.2, 0.25) is 0 Å². The summed E-state index contributed by atoms with van der Waals surface area (Å²) in [5.41, 5.74) is 0.523. The van der Waals surface area contributed by atoms with Crippen molar-refractivity contribution in [2.24, 2.45) is 51.8 Å². The molecule has 6 heteroatoms. The number of hydrogen-bond acceptors (Lipinski definition) is 4. The Kier molecular flexibility index (Phi) is 5.30. The number of para-hydroxylation sites is 2. The number of benzene rings is 1. The topological polar surface area (TPSA) is 83.9 Å². The van der Waals surface area contributed by atoms with Crippen LogP contribution in [0.1, 0.15) is 66.2 Å². The summed E-state index contributed by atoms with van der Waals surface area (Å²) in [7, 11) is 1.57. The Morgan fingerprint density at radius 2 is 1.81 bits per heavy atom. The Labute approximate surface area is 219 Å². The van der Waals surface area contributed by atoms with E-state index in [4.69, 9.17) is 4.74 Å². The molecule has 3 saturated carbocycles. The third-order valence-corrected chi connectivity index (χ3v) is 11.5. The molecule has 8 atom stereocenters. The minimum atomic E-state index is -0.742. The minimum Gasteiger partial charge on any atom is -0.495 e. The van der Waals surface area contributed by atoms with Gasteiger partial charge in [-0.2, -0.15) is 0 Å². The summed E-state index contributed by atoms with van der Waals surface area (Å²) in [6.07, 6.45) is 7.42. The van der Waals surface area contributed by atoms with E-state index in [1.807, 2.05) is 19.1 Å². The fourth-order valence-corrected chi connectivity index (χ4v) is 10.0. The zero-order chi connectivity index (χ0) is 26.5. The summed E-state index contributed by atoms with van der Waals surface area (Å²) in [4.78, 5) is 42.5. The average molecular weight is 506 g/mol. The van der Waals surface area contributed by atoms with Gasteiger partial charge in [0.25, 0.3) is 0 Å². The van der Waals surface area contributed by atoms with E-state index in [0.717, 1.165) is 32.1 Å². The predicted molar refractivity (Wildman–Crippen MR) is 140 cm³/mol. The van der Waals surface area contributed by atoms with Crippen molar-refractivity contribution in [3.8, 4) is 5.75 Å². The van der Waals surface area contributed by atoms with Crippen molar-refractivity contribution in [3.05, 3.63) is 35.9 Å². The van der Waals surface area contributed by atoms with E-state index in [0.29, 0.717) is 23.8 Å². The van der Waals surface area contributed by atoms with E-state index >= 15 is 0 Å². The molecule has 1 N–H and O–H groups in total. The molecule has 37 heavy (non-hydrogen) atoms. The number of imide groups is 1. The third kappa shape index (κ3) is 2.96. The van der Waals surface area contributed by atoms with Gasteiger partial charge in [-0.25, -0.2) is 4.90 Å². The van der Waals surface area contributed by atoms with Crippen molar-refractivity contribution >= 4 is 23.5 Å². The van der Waals surface area contributed by atoms with Crippen molar-refractivity contribution in [2.75, 3.05) is 12.0 Å². The van der Waals surface area contributed by atoms with Crippen LogP contribution in [0.5, 0.6) is 5.75 Å². The molecule has 1 aliphatic heterocycles. The number of hydrogen-bond donors (Lipinski definition) is 1. The third-order valence-electron chi connectivity index (χ3n) is 11.5. The van der Waals surface area contributed by atoms with E-state index in [9.17, 15) is 19.5 Å². The lowest BCUT2D eigenvalue weighted by atomic mass is 9.34. The predicted octanol–water partition coefficient (Wildman–Crippen LogP) is 5.71. The Balaban J connectivity index is 1.50. The van der Waals surface area contributed by atoms with Crippen LogP contribution >= 0.6 is 0 Å². The van der Waals surface area contributed by atoms with Gasteiger partial charge in [-0.1, -0.05) is 51.0 Å². The molecule has 7 rings (SSSR count). The highest BCUT2D eigenvalue weighted by Crippen LogP contribution is 2.74. The van der Waals surface area contributed by atoms with Crippen molar-refractivity contribution < 1.29 is 24.2 Å². The molecule has 1 spiro atoms. The van der Waals surface area contributed by atoms with Crippen LogP contribution in [0, 0.1) is 51.8 Å². The number of carboxylic acid groups (broad SMARTS) is 1. The molecule has 198 valence electrons. The highest BCUT2D eigenvalue weighted by Gasteiger charge is 2.73. The number of fused-ring (bicyclic) bond motifs is 1. The van der Waals surface area contributed by atoms with Crippen molar-refractivity contribution in [2.45, 2.75) is 66.2 Å². The summed E-state index contributed by atoms with van der Waals surface area (Å²) >= 11 is 0. The van der Waals surface area contributed by atoms with Gasteiger partial charge in [0.1, 0.15) is 5.75 Å². The highest BCUT2D eigenvalue weighted by molar-refractivity contribution is 6.23. The quantitative estimate of drug-likeness (QED) is 0.419. The van der Waals surface area contributed by atoms with Crippen LogP contribution in [-0.2, 0) is 14.4 Å². The van der Waals surface area contributed by atoms with Gasteiger partial charge in [-0.15, -0.1) is 0 Å². The lowest BCUT2D eigenvalue weighted by Crippen LogP contribution is -2.65. The monoisotopic (exact) mass is 505 g/mol. The molecule has 2 bridgehead atoms. The van der Waals surface area contributed by atoms with Gasteiger partial charge in [0.05, 0.1) is 30.0 Å². The number of ether oxygens (including phenoxy) is 1. The molecule has 4 fully saturated rings. The van der Waals surface area contributed by atoms with Gasteiger partial charge >= 0.3 is 5.97 Å². The second kappa shape index (κ2) is 7.94. The van der Waals surface area contributed by atoms with E-state index in [-0.39, 0.29) is 40.9 Å². The Bertz CT molecular complexity index is 1220. The number of carboxylic acids is 1. The number of allylic oxidation sites excluding steroid dienone is 2. The van der Waals surface area contributed by atoms with E-state index < -0.39 is 22.7 Å². The van der Waals surface area contributed by atoms with Crippen LogP contribution in [0.3, 0.4) is 0 Å². The van der Waals surface area contributed by atoms with Gasteiger partial charge in [0.15, 0.2) is 0 Å². The molecule has 1 aromatic carbocycles. The molecule has 0 radical (unpaired) electrons. The second-order valence-electron chi connectivity index (χ2n) is 13.2. The summed E-state index contributed by atoms with van der Waals surface area (Å²) in [5.74, 6) is -0.527.